The molecule has 0 aliphatic carbocycles. The Kier molecular flexibility index (Phi) is 4.68. The molecular weight excluding hydrogens is 262 g/mol. The maximum absolute atomic E-state index is 6.02. The fraction of sp³-hybridized carbons (Fsp3) is 0.357. The van der Waals surface area contributed by atoms with Crippen molar-refractivity contribution in [1.29, 1.82) is 0 Å². The third kappa shape index (κ3) is 3.41. The molecule has 5 heteroatoms. The molecule has 0 aliphatic heterocycles. The van der Waals surface area contributed by atoms with Gasteiger partial charge in [-0.3, -0.25) is 4.68 Å². The molecule has 0 fully saturated rings. The summed E-state index contributed by atoms with van der Waals surface area (Å²) in [7, 11) is 0. The maximum Gasteiger partial charge on any atom is 0.142 e. The zero-order valence-electron chi connectivity index (χ0n) is 11.2. The molecule has 0 saturated carbocycles. The molecule has 0 aliphatic rings. The standard InChI is InChI=1S/C14H18ClN3O/c1-3-18-12(7-8-17-18)10-16-13-9-11(15)5-6-14(13)19-4-2/h5-9,16H,3-4,10H2,1-2H3. The second kappa shape index (κ2) is 6.48. The van der Waals surface area contributed by atoms with Crippen molar-refractivity contribution in [3.63, 3.8) is 0 Å². The summed E-state index contributed by atoms with van der Waals surface area (Å²) in [4.78, 5) is 0. The van der Waals surface area contributed by atoms with Gasteiger partial charge in [0, 0.05) is 17.8 Å². The van der Waals surface area contributed by atoms with Crippen LogP contribution in [0.4, 0.5) is 5.69 Å². The van der Waals surface area contributed by atoms with Crippen molar-refractivity contribution in [2.24, 2.45) is 0 Å². The summed E-state index contributed by atoms with van der Waals surface area (Å²) in [5.41, 5.74) is 2.03. The molecule has 2 aromatic rings. The molecular formula is C14H18ClN3O. The zero-order valence-corrected chi connectivity index (χ0v) is 11.9. The summed E-state index contributed by atoms with van der Waals surface area (Å²) >= 11 is 6.02. The molecule has 102 valence electrons. The lowest BCUT2D eigenvalue weighted by Gasteiger charge is -2.13. The number of hydrogen-bond donors (Lipinski definition) is 1. The van der Waals surface area contributed by atoms with E-state index in [2.05, 4.69) is 17.3 Å². The summed E-state index contributed by atoms with van der Waals surface area (Å²) in [6.07, 6.45) is 1.81. The SMILES string of the molecule is CCOc1ccc(Cl)cc1NCc1ccnn1CC. The average molecular weight is 280 g/mol. The Bertz CT molecular complexity index is 539. The predicted molar refractivity (Wildman–Crippen MR) is 77.8 cm³/mol. The molecule has 0 unspecified atom stereocenters. The second-order valence-electron chi connectivity index (χ2n) is 4.07. The van der Waals surface area contributed by atoms with Gasteiger partial charge in [-0.15, -0.1) is 0 Å². The van der Waals surface area contributed by atoms with Crippen LogP contribution >= 0.6 is 11.6 Å². The Morgan fingerprint density at radius 1 is 1.32 bits per heavy atom. The van der Waals surface area contributed by atoms with E-state index >= 15 is 0 Å². The minimum absolute atomic E-state index is 0.628. The fourth-order valence-corrected chi connectivity index (χ4v) is 2.07. The Hall–Kier alpha value is -1.68. The predicted octanol–water partition coefficient (Wildman–Crippen LogP) is 3.57. The molecule has 1 aromatic heterocycles. The van der Waals surface area contributed by atoms with Crippen LogP contribution in [0, 0.1) is 0 Å². The van der Waals surface area contributed by atoms with Gasteiger partial charge in [-0.05, 0) is 38.1 Å². The zero-order chi connectivity index (χ0) is 13.7. The Labute approximate surface area is 118 Å². The van der Waals surface area contributed by atoms with Crippen molar-refractivity contribution >= 4 is 17.3 Å². The third-order valence-corrected chi connectivity index (χ3v) is 3.04. The lowest BCUT2D eigenvalue weighted by atomic mass is 10.3. The van der Waals surface area contributed by atoms with Crippen molar-refractivity contribution in [3.8, 4) is 5.75 Å². The van der Waals surface area contributed by atoms with Crippen molar-refractivity contribution < 1.29 is 4.74 Å². The van der Waals surface area contributed by atoms with E-state index in [1.54, 1.807) is 0 Å². The van der Waals surface area contributed by atoms with E-state index in [0.717, 1.165) is 23.7 Å². The molecule has 4 nitrogen and oxygen atoms in total. The van der Waals surface area contributed by atoms with Gasteiger partial charge in [-0.25, -0.2) is 0 Å². The van der Waals surface area contributed by atoms with Gasteiger partial charge in [0.2, 0.25) is 0 Å². The average Bonchev–Trinajstić information content (AvgIpc) is 2.86. The summed E-state index contributed by atoms with van der Waals surface area (Å²) in [5.74, 6) is 0.814. The van der Waals surface area contributed by atoms with Crippen molar-refractivity contribution in [2.75, 3.05) is 11.9 Å². The normalized spacial score (nSPS) is 10.5. The van der Waals surface area contributed by atoms with E-state index in [0.29, 0.717) is 18.2 Å². The number of nitrogens with zero attached hydrogens (tertiary/aromatic N) is 2. The second-order valence-corrected chi connectivity index (χ2v) is 4.50. The van der Waals surface area contributed by atoms with Gasteiger partial charge >= 0.3 is 0 Å². The van der Waals surface area contributed by atoms with E-state index in [-0.39, 0.29) is 0 Å². The lowest BCUT2D eigenvalue weighted by Crippen LogP contribution is -2.08. The summed E-state index contributed by atoms with van der Waals surface area (Å²) in [5, 5.41) is 8.28. The van der Waals surface area contributed by atoms with Gasteiger partial charge in [0.05, 0.1) is 24.5 Å². The van der Waals surface area contributed by atoms with Crippen LogP contribution in [-0.2, 0) is 13.1 Å². The molecule has 0 radical (unpaired) electrons. The molecule has 0 amide bonds. The maximum atomic E-state index is 6.02. The van der Waals surface area contributed by atoms with E-state index in [9.17, 15) is 0 Å². The minimum Gasteiger partial charge on any atom is -0.492 e. The first-order valence-corrected chi connectivity index (χ1v) is 6.79. The van der Waals surface area contributed by atoms with Crippen molar-refractivity contribution in [2.45, 2.75) is 26.9 Å². The van der Waals surface area contributed by atoms with Crippen LogP contribution in [0.3, 0.4) is 0 Å². The quantitative estimate of drug-likeness (QED) is 0.879. The van der Waals surface area contributed by atoms with Gasteiger partial charge in [-0.2, -0.15) is 5.10 Å². The molecule has 0 spiro atoms. The number of aromatic nitrogens is 2. The number of ether oxygens (including phenoxy) is 1. The van der Waals surface area contributed by atoms with Crippen molar-refractivity contribution in [3.05, 3.63) is 41.2 Å². The van der Waals surface area contributed by atoms with E-state index in [4.69, 9.17) is 16.3 Å². The minimum atomic E-state index is 0.628. The van der Waals surface area contributed by atoms with Gasteiger partial charge in [0.15, 0.2) is 0 Å². The summed E-state index contributed by atoms with van der Waals surface area (Å²) in [6.45, 7) is 6.21. The van der Waals surface area contributed by atoms with Crippen molar-refractivity contribution in [1.82, 2.24) is 9.78 Å². The Balaban J connectivity index is 2.12. The van der Waals surface area contributed by atoms with Crippen LogP contribution < -0.4 is 10.1 Å². The van der Waals surface area contributed by atoms with Crippen LogP contribution in [-0.4, -0.2) is 16.4 Å². The van der Waals surface area contributed by atoms with Gasteiger partial charge in [-0.1, -0.05) is 11.6 Å². The highest BCUT2D eigenvalue weighted by atomic mass is 35.5. The molecule has 1 heterocycles. The highest BCUT2D eigenvalue weighted by molar-refractivity contribution is 6.30. The molecule has 1 aromatic carbocycles. The molecule has 19 heavy (non-hydrogen) atoms. The number of hydrogen-bond acceptors (Lipinski definition) is 3. The molecule has 0 bridgehead atoms. The third-order valence-electron chi connectivity index (χ3n) is 2.81. The largest absolute Gasteiger partial charge is 0.492 e. The highest BCUT2D eigenvalue weighted by Crippen LogP contribution is 2.28. The first-order valence-electron chi connectivity index (χ1n) is 6.41. The van der Waals surface area contributed by atoms with E-state index < -0.39 is 0 Å². The van der Waals surface area contributed by atoms with Crippen LogP contribution in [0.5, 0.6) is 5.75 Å². The number of halogens is 1. The Morgan fingerprint density at radius 3 is 2.89 bits per heavy atom. The molecule has 1 N–H and O–H groups in total. The van der Waals surface area contributed by atoms with Gasteiger partial charge in [0.25, 0.3) is 0 Å². The van der Waals surface area contributed by atoms with Crippen LogP contribution in [0.15, 0.2) is 30.5 Å². The van der Waals surface area contributed by atoms with E-state index in [1.165, 1.54) is 0 Å². The Morgan fingerprint density at radius 2 is 2.16 bits per heavy atom. The summed E-state index contributed by atoms with van der Waals surface area (Å²) < 4.78 is 7.53. The van der Waals surface area contributed by atoms with Gasteiger partial charge in [0.1, 0.15) is 5.75 Å². The molecule has 0 saturated heterocycles. The van der Waals surface area contributed by atoms with Crippen LogP contribution in [0.25, 0.3) is 0 Å². The smallest absolute Gasteiger partial charge is 0.142 e. The first kappa shape index (κ1) is 13.7. The number of nitrogens with one attached hydrogen (secondary N) is 1. The van der Waals surface area contributed by atoms with Crippen LogP contribution in [0.2, 0.25) is 5.02 Å². The molecule has 0 atom stereocenters. The number of aryl methyl sites for hydroxylation is 1. The van der Waals surface area contributed by atoms with Crippen LogP contribution in [0.1, 0.15) is 19.5 Å². The lowest BCUT2D eigenvalue weighted by molar-refractivity contribution is 0.341. The summed E-state index contributed by atoms with van der Waals surface area (Å²) in [6, 6.07) is 7.58. The monoisotopic (exact) mass is 279 g/mol. The topological polar surface area (TPSA) is 39.1 Å². The fourth-order valence-electron chi connectivity index (χ4n) is 1.90. The molecule has 2 rings (SSSR count). The highest BCUT2D eigenvalue weighted by Gasteiger charge is 2.06. The van der Waals surface area contributed by atoms with E-state index in [1.807, 2.05) is 42.1 Å². The first-order chi connectivity index (χ1) is 9.24. The number of anilines is 1. The number of benzene rings is 1. The van der Waals surface area contributed by atoms with Gasteiger partial charge < -0.3 is 10.1 Å². The number of rotatable bonds is 6.